The van der Waals surface area contributed by atoms with Gasteiger partial charge in [-0.2, -0.15) is 13.2 Å². The molecule has 0 spiro atoms. The summed E-state index contributed by atoms with van der Waals surface area (Å²) in [6.07, 6.45) is -4.39. The molecular weight excluding hydrogens is 247 g/mol. The van der Waals surface area contributed by atoms with Crippen LogP contribution in [0.2, 0.25) is 0 Å². The number of hydrogen-bond donors (Lipinski definition) is 1. The van der Waals surface area contributed by atoms with Gasteiger partial charge in [0.1, 0.15) is 0 Å². The van der Waals surface area contributed by atoms with Gasteiger partial charge in [-0.15, -0.1) is 10.2 Å². The Morgan fingerprint density at radius 1 is 1.22 bits per heavy atom. The van der Waals surface area contributed by atoms with Crippen molar-refractivity contribution in [1.82, 2.24) is 10.2 Å². The molecule has 2 rings (SSSR count). The zero-order chi connectivity index (χ0) is 13.2. The lowest BCUT2D eigenvalue weighted by Gasteiger charge is -2.13. The van der Waals surface area contributed by atoms with Gasteiger partial charge in [0.25, 0.3) is 0 Å². The third-order valence-electron chi connectivity index (χ3n) is 2.23. The van der Waals surface area contributed by atoms with Crippen molar-refractivity contribution >= 4 is 5.69 Å². The molecule has 0 saturated heterocycles. The fourth-order valence-corrected chi connectivity index (χ4v) is 1.46. The third kappa shape index (κ3) is 2.79. The standard InChI is InChI=1S/C11H10F3N3O/c1-7-16-17-10(18-7)6-15-9-5-3-2-4-8(9)11(12,13)14/h2-5,15H,6H2,1H3. The van der Waals surface area contributed by atoms with Crippen LogP contribution in [-0.2, 0) is 12.7 Å². The zero-order valence-corrected chi connectivity index (χ0v) is 9.45. The molecule has 0 saturated carbocycles. The lowest BCUT2D eigenvalue weighted by molar-refractivity contribution is -0.137. The maximum absolute atomic E-state index is 12.7. The summed E-state index contributed by atoms with van der Waals surface area (Å²) in [5.41, 5.74) is -0.734. The number of nitrogens with zero attached hydrogens (tertiary/aromatic N) is 2. The summed E-state index contributed by atoms with van der Waals surface area (Å²) in [5, 5.41) is 9.92. The lowest BCUT2D eigenvalue weighted by atomic mass is 10.1. The molecular formula is C11H10F3N3O. The van der Waals surface area contributed by atoms with E-state index in [1.54, 1.807) is 6.92 Å². The molecule has 1 aromatic carbocycles. The fraction of sp³-hybridized carbons (Fsp3) is 0.273. The van der Waals surface area contributed by atoms with Crippen LogP contribution < -0.4 is 5.32 Å². The summed E-state index contributed by atoms with van der Waals surface area (Å²) in [6, 6.07) is 5.23. The molecule has 0 radical (unpaired) electrons. The van der Waals surface area contributed by atoms with E-state index in [2.05, 4.69) is 15.5 Å². The molecule has 1 aromatic heterocycles. The van der Waals surface area contributed by atoms with E-state index < -0.39 is 11.7 Å². The van der Waals surface area contributed by atoms with Gasteiger partial charge in [0.15, 0.2) is 0 Å². The number of anilines is 1. The lowest BCUT2D eigenvalue weighted by Crippen LogP contribution is -2.10. The molecule has 18 heavy (non-hydrogen) atoms. The molecule has 1 N–H and O–H groups in total. The van der Waals surface area contributed by atoms with Gasteiger partial charge >= 0.3 is 6.18 Å². The van der Waals surface area contributed by atoms with Gasteiger partial charge in [-0.1, -0.05) is 12.1 Å². The molecule has 96 valence electrons. The molecule has 4 nitrogen and oxygen atoms in total. The average molecular weight is 257 g/mol. The molecule has 0 fully saturated rings. The average Bonchev–Trinajstić information content (AvgIpc) is 2.72. The predicted octanol–water partition coefficient (Wildman–Crippen LogP) is 3.01. The molecule has 0 bridgehead atoms. The van der Waals surface area contributed by atoms with Gasteiger partial charge in [0, 0.05) is 12.6 Å². The van der Waals surface area contributed by atoms with Crippen molar-refractivity contribution in [3.63, 3.8) is 0 Å². The summed E-state index contributed by atoms with van der Waals surface area (Å²) < 4.78 is 43.1. The van der Waals surface area contributed by atoms with Crippen LogP contribution in [0.4, 0.5) is 18.9 Å². The highest BCUT2D eigenvalue weighted by Crippen LogP contribution is 2.34. The molecule has 0 aliphatic carbocycles. The van der Waals surface area contributed by atoms with E-state index in [-0.39, 0.29) is 18.1 Å². The van der Waals surface area contributed by atoms with Gasteiger partial charge in [0.2, 0.25) is 11.8 Å². The van der Waals surface area contributed by atoms with Gasteiger partial charge in [-0.05, 0) is 12.1 Å². The first-order valence-corrected chi connectivity index (χ1v) is 5.16. The van der Waals surface area contributed by atoms with Gasteiger partial charge < -0.3 is 9.73 Å². The summed E-state index contributed by atoms with van der Waals surface area (Å²) >= 11 is 0. The second kappa shape index (κ2) is 4.67. The number of nitrogens with one attached hydrogen (secondary N) is 1. The fourth-order valence-electron chi connectivity index (χ4n) is 1.46. The van der Waals surface area contributed by atoms with Crippen LogP contribution >= 0.6 is 0 Å². The number of para-hydroxylation sites is 1. The minimum Gasteiger partial charge on any atom is -0.424 e. The molecule has 0 unspecified atom stereocenters. The maximum atomic E-state index is 12.7. The Kier molecular flexibility index (Phi) is 3.22. The van der Waals surface area contributed by atoms with Crippen LogP contribution in [0.5, 0.6) is 0 Å². The highest BCUT2D eigenvalue weighted by molar-refractivity contribution is 5.52. The van der Waals surface area contributed by atoms with Gasteiger partial charge in [-0.25, -0.2) is 0 Å². The number of aryl methyl sites for hydroxylation is 1. The SMILES string of the molecule is Cc1nnc(CNc2ccccc2C(F)(F)F)o1. The number of rotatable bonds is 3. The van der Waals surface area contributed by atoms with Gasteiger partial charge in [-0.3, -0.25) is 0 Å². The van der Waals surface area contributed by atoms with Crippen molar-refractivity contribution in [2.24, 2.45) is 0 Å². The Hall–Kier alpha value is -2.05. The van der Waals surface area contributed by atoms with Crippen LogP contribution in [0.1, 0.15) is 17.3 Å². The van der Waals surface area contributed by atoms with Gasteiger partial charge in [0.05, 0.1) is 12.1 Å². The Morgan fingerprint density at radius 3 is 2.56 bits per heavy atom. The Balaban J connectivity index is 2.14. The molecule has 1 heterocycles. The third-order valence-corrected chi connectivity index (χ3v) is 2.23. The molecule has 0 atom stereocenters. The number of hydrogen-bond acceptors (Lipinski definition) is 4. The Morgan fingerprint density at radius 2 is 1.94 bits per heavy atom. The highest BCUT2D eigenvalue weighted by atomic mass is 19.4. The maximum Gasteiger partial charge on any atom is 0.418 e. The topological polar surface area (TPSA) is 51.0 Å². The van der Waals surface area contributed by atoms with E-state index in [0.717, 1.165) is 6.07 Å². The van der Waals surface area contributed by atoms with Crippen molar-refractivity contribution < 1.29 is 17.6 Å². The first kappa shape index (κ1) is 12.4. The highest BCUT2D eigenvalue weighted by Gasteiger charge is 2.33. The summed E-state index contributed by atoms with van der Waals surface area (Å²) in [7, 11) is 0. The summed E-state index contributed by atoms with van der Waals surface area (Å²) in [4.78, 5) is 0. The Bertz CT molecular complexity index is 536. The normalized spacial score (nSPS) is 11.6. The zero-order valence-electron chi connectivity index (χ0n) is 9.45. The van der Waals surface area contributed by atoms with E-state index in [0.29, 0.717) is 5.89 Å². The van der Waals surface area contributed by atoms with E-state index >= 15 is 0 Å². The van der Waals surface area contributed by atoms with Crippen LogP contribution in [0.25, 0.3) is 0 Å². The minimum atomic E-state index is -4.39. The molecule has 2 aromatic rings. The van der Waals surface area contributed by atoms with Crippen molar-refractivity contribution in [2.75, 3.05) is 5.32 Å². The second-order valence-corrected chi connectivity index (χ2v) is 3.61. The predicted molar refractivity (Wildman–Crippen MR) is 57.8 cm³/mol. The van der Waals surface area contributed by atoms with Crippen LogP contribution in [-0.4, -0.2) is 10.2 Å². The van der Waals surface area contributed by atoms with Crippen molar-refractivity contribution in [2.45, 2.75) is 19.6 Å². The number of benzene rings is 1. The quantitative estimate of drug-likeness (QED) is 0.918. The molecule has 0 aliphatic rings. The van der Waals surface area contributed by atoms with Crippen molar-refractivity contribution in [3.8, 4) is 0 Å². The monoisotopic (exact) mass is 257 g/mol. The van der Waals surface area contributed by atoms with Crippen molar-refractivity contribution in [1.29, 1.82) is 0 Å². The first-order chi connectivity index (χ1) is 8.47. The number of alkyl halides is 3. The van der Waals surface area contributed by atoms with Crippen molar-refractivity contribution in [3.05, 3.63) is 41.6 Å². The van der Waals surface area contributed by atoms with E-state index in [1.165, 1.54) is 18.2 Å². The second-order valence-electron chi connectivity index (χ2n) is 3.61. The smallest absolute Gasteiger partial charge is 0.418 e. The summed E-state index contributed by atoms with van der Waals surface area (Å²) in [5.74, 6) is 0.611. The largest absolute Gasteiger partial charge is 0.424 e. The first-order valence-electron chi connectivity index (χ1n) is 5.16. The number of halogens is 3. The summed E-state index contributed by atoms with van der Waals surface area (Å²) in [6.45, 7) is 1.66. The Labute approximate surface area is 101 Å². The molecule has 0 aliphatic heterocycles. The van der Waals surface area contributed by atoms with E-state index in [9.17, 15) is 13.2 Å². The van der Waals surface area contributed by atoms with E-state index in [1.807, 2.05) is 0 Å². The van der Waals surface area contributed by atoms with Crippen LogP contribution in [0.3, 0.4) is 0 Å². The molecule has 0 amide bonds. The molecule has 7 heteroatoms. The van der Waals surface area contributed by atoms with Crippen LogP contribution in [0, 0.1) is 6.92 Å². The number of aromatic nitrogens is 2. The van der Waals surface area contributed by atoms with E-state index in [4.69, 9.17) is 4.42 Å². The van der Waals surface area contributed by atoms with Crippen LogP contribution in [0.15, 0.2) is 28.7 Å². The minimum absolute atomic E-state index is 0.0131.